The molecule has 2 unspecified atom stereocenters. The van der Waals surface area contributed by atoms with Gasteiger partial charge < -0.3 is 4.52 Å². The molecule has 0 fully saturated rings. The Labute approximate surface area is 97.5 Å². The van der Waals surface area contributed by atoms with E-state index >= 15 is 0 Å². The third-order valence-electron chi connectivity index (χ3n) is 1.99. The summed E-state index contributed by atoms with van der Waals surface area (Å²) in [6.45, 7) is 3.34. The molecule has 1 aliphatic rings. The number of hydrogen-bond donors (Lipinski definition) is 0. The third kappa shape index (κ3) is 3.42. The smallest absolute Gasteiger partial charge is 0.307 e. The molecule has 12 heteroatoms. The van der Waals surface area contributed by atoms with Gasteiger partial charge in [0.15, 0.2) is 0 Å². The molecule has 17 heavy (non-hydrogen) atoms. The number of hydrogen-bond acceptors (Lipinski definition) is 5. The van der Waals surface area contributed by atoms with Crippen molar-refractivity contribution in [3.8, 4) is 0 Å². The Morgan fingerprint density at radius 3 is 1.94 bits per heavy atom. The zero-order valence-corrected chi connectivity index (χ0v) is 12.1. The highest BCUT2D eigenvalue weighted by molar-refractivity contribution is 7.78. The lowest BCUT2D eigenvalue weighted by Gasteiger charge is -2.27. The van der Waals surface area contributed by atoms with Gasteiger partial charge in [0.05, 0.1) is 0 Å². The van der Waals surface area contributed by atoms with Crippen LogP contribution in [-0.2, 0) is 4.52 Å². The van der Waals surface area contributed by atoms with Crippen LogP contribution in [-0.4, -0.2) is 24.9 Å². The van der Waals surface area contributed by atoms with Crippen molar-refractivity contribution in [2.75, 3.05) is 20.2 Å². The lowest BCUT2D eigenvalue weighted by atomic mass is 10.7. The molecule has 1 aliphatic heterocycles. The number of halogens is 4. The molecule has 5 nitrogen and oxygen atoms in total. The van der Waals surface area contributed by atoms with Crippen LogP contribution in [0.5, 0.6) is 0 Å². The minimum absolute atomic E-state index is 0.109. The van der Waals surface area contributed by atoms with Crippen molar-refractivity contribution in [1.82, 2.24) is 4.67 Å². The molecule has 0 saturated carbocycles. The molecule has 1 rings (SSSR count). The SMILES string of the molecule is CCN(CC)P1(F)=NP(F)(F)=NP(F)(OC)=N1. The van der Waals surface area contributed by atoms with Gasteiger partial charge in [-0.3, -0.25) is 0 Å². The first-order valence-electron chi connectivity index (χ1n) is 4.71. The first-order chi connectivity index (χ1) is 7.70. The second-order valence-corrected chi connectivity index (χ2v) is 8.94. The molecule has 0 aromatic heterocycles. The molecule has 102 valence electrons. The third-order valence-corrected chi connectivity index (χ3v) is 9.04. The van der Waals surface area contributed by atoms with E-state index in [1.165, 1.54) is 0 Å². The lowest BCUT2D eigenvalue weighted by Crippen LogP contribution is -2.17. The highest BCUT2D eigenvalue weighted by Crippen LogP contribution is 2.81. The Hall–Kier alpha value is 0.330. The van der Waals surface area contributed by atoms with Gasteiger partial charge in [0.25, 0.3) is 0 Å². The Bertz CT molecular complexity index is 456. The summed E-state index contributed by atoms with van der Waals surface area (Å²) in [4.78, 5) is 0. The minimum Gasteiger partial charge on any atom is -0.307 e. The molecule has 0 N–H and O–H groups in total. The molecule has 0 aliphatic carbocycles. The predicted molar refractivity (Wildman–Crippen MR) is 62.4 cm³/mol. The van der Waals surface area contributed by atoms with Crippen molar-refractivity contribution < 1.29 is 21.3 Å². The fraction of sp³-hybridized carbons (Fsp3) is 1.00. The summed E-state index contributed by atoms with van der Waals surface area (Å²) in [5.74, 6) is 0. The molecular weight excluding hydrogens is 301 g/mol. The molecule has 0 spiro atoms. The topological polar surface area (TPSA) is 49.5 Å². The molecule has 0 saturated heterocycles. The van der Waals surface area contributed by atoms with Crippen molar-refractivity contribution in [3.05, 3.63) is 0 Å². The minimum atomic E-state index is -5.34. The maximum absolute atomic E-state index is 14.3. The summed E-state index contributed by atoms with van der Waals surface area (Å²) in [7, 11) is -13.5. The Balaban J connectivity index is 3.46. The normalized spacial score (nSPS) is 36.0. The van der Waals surface area contributed by atoms with Crippen LogP contribution in [0, 0.1) is 0 Å². The quantitative estimate of drug-likeness (QED) is 0.493. The maximum Gasteiger partial charge on any atom is 0.424 e. The molecule has 0 bridgehead atoms. The number of nitrogens with zero attached hydrogens (tertiary/aromatic N) is 4. The maximum atomic E-state index is 14.3. The first kappa shape index (κ1) is 15.4. The van der Waals surface area contributed by atoms with Crippen LogP contribution < -0.4 is 0 Å². The molecular formula is C5H13F4N4OP3. The van der Waals surface area contributed by atoms with Crippen LogP contribution in [0.15, 0.2) is 13.5 Å². The molecule has 0 radical (unpaired) electrons. The van der Waals surface area contributed by atoms with Gasteiger partial charge in [-0.15, -0.1) is 21.9 Å². The van der Waals surface area contributed by atoms with E-state index in [4.69, 9.17) is 0 Å². The van der Waals surface area contributed by atoms with Crippen LogP contribution in [0.3, 0.4) is 0 Å². The fourth-order valence-corrected chi connectivity index (χ4v) is 8.12. The van der Waals surface area contributed by atoms with Crippen molar-refractivity contribution in [2.45, 2.75) is 13.8 Å². The highest BCUT2D eigenvalue weighted by atomic mass is 31.3. The van der Waals surface area contributed by atoms with Crippen LogP contribution in [0.4, 0.5) is 16.8 Å². The van der Waals surface area contributed by atoms with Crippen molar-refractivity contribution in [2.24, 2.45) is 13.5 Å². The lowest BCUT2D eigenvalue weighted by molar-refractivity contribution is 0.418. The first-order valence-corrected chi connectivity index (χ1v) is 9.23. The standard InChI is InChI=1S/C5H13F4N4OP3/c1-4-13(5-2)16(8)10-15(6,7)11-17(9,12-16)14-3/h4-5H2,1-3H3. The van der Waals surface area contributed by atoms with Gasteiger partial charge in [-0.05, 0) is 0 Å². The zero-order chi connectivity index (χ0) is 13.3. The summed E-state index contributed by atoms with van der Waals surface area (Å²) in [5, 5.41) is 0. The van der Waals surface area contributed by atoms with Crippen LogP contribution in [0.25, 0.3) is 0 Å². The van der Waals surface area contributed by atoms with E-state index in [2.05, 4.69) is 18.1 Å². The average Bonchev–Trinajstić information content (AvgIpc) is 2.15. The summed E-state index contributed by atoms with van der Waals surface area (Å²) in [5.41, 5.74) is 0. The average molecular weight is 314 g/mol. The van der Waals surface area contributed by atoms with Gasteiger partial charge in [0.1, 0.15) is 0 Å². The summed E-state index contributed by atoms with van der Waals surface area (Å²) >= 11 is 0. The summed E-state index contributed by atoms with van der Waals surface area (Å²) in [6.07, 6.45) is 0. The van der Waals surface area contributed by atoms with Crippen molar-refractivity contribution >= 4 is 23.2 Å². The van der Waals surface area contributed by atoms with Gasteiger partial charge >= 0.3 is 23.2 Å². The van der Waals surface area contributed by atoms with Crippen LogP contribution >= 0.6 is 23.2 Å². The monoisotopic (exact) mass is 314 g/mol. The van der Waals surface area contributed by atoms with E-state index in [0.717, 1.165) is 11.8 Å². The zero-order valence-electron chi connectivity index (χ0n) is 9.46. The molecule has 0 aromatic rings. The molecule has 2 atom stereocenters. The Morgan fingerprint density at radius 2 is 1.53 bits per heavy atom. The van der Waals surface area contributed by atoms with Crippen LogP contribution in [0.2, 0.25) is 0 Å². The molecule has 1 heterocycles. The van der Waals surface area contributed by atoms with E-state index in [1.54, 1.807) is 13.8 Å². The largest absolute Gasteiger partial charge is 0.424 e. The van der Waals surface area contributed by atoms with Crippen molar-refractivity contribution in [3.63, 3.8) is 0 Å². The van der Waals surface area contributed by atoms with E-state index < -0.39 is 23.2 Å². The van der Waals surface area contributed by atoms with E-state index in [9.17, 15) is 16.8 Å². The van der Waals surface area contributed by atoms with Gasteiger partial charge in [0, 0.05) is 20.2 Å². The van der Waals surface area contributed by atoms with Gasteiger partial charge in [-0.25, -0.2) is 4.67 Å². The summed E-state index contributed by atoms with van der Waals surface area (Å²) in [6, 6.07) is 0. The second-order valence-electron chi connectivity index (χ2n) is 3.01. The van der Waals surface area contributed by atoms with Gasteiger partial charge in [0.2, 0.25) is 0 Å². The van der Waals surface area contributed by atoms with E-state index in [0.29, 0.717) is 0 Å². The van der Waals surface area contributed by atoms with E-state index in [-0.39, 0.29) is 13.1 Å². The fourth-order valence-electron chi connectivity index (χ4n) is 1.23. The number of rotatable bonds is 4. The predicted octanol–water partition coefficient (Wildman–Crippen LogP) is 5.70. The van der Waals surface area contributed by atoms with E-state index in [1.807, 2.05) is 0 Å². The summed E-state index contributed by atoms with van der Waals surface area (Å²) < 4.78 is 68.0. The highest BCUT2D eigenvalue weighted by Gasteiger charge is 2.41. The van der Waals surface area contributed by atoms with Gasteiger partial charge in [-0.1, -0.05) is 13.8 Å². The Morgan fingerprint density at radius 1 is 1.00 bits per heavy atom. The second kappa shape index (κ2) is 5.14. The molecule has 0 amide bonds. The molecule has 0 aromatic carbocycles. The Kier molecular flexibility index (Phi) is 4.65. The van der Waals surface area contributed by atoms with Crippen molar-refractivity contribution in [1.29, 1.82) is 0 Å². The van der Waals surface area contributed by atoms with Gasteiger partial charge in [-0.2, -0.15) is 8.39 Å². The van der Waals surface area contributed by atoms with Crippen LogP contribution in [0.1, 0.15) is 13.8 Å².